The van der Waals surface area contributed by atoms with Gasteiger partial charge in [-0.25, -0.2) is 0 Å². The van der Waals surface area contributed by atoms with E-state index in [4.69, 9.17) is 15.3 Å². The summed E-state index contributed by atoms with van der Waals surface area (Å²) < 4.78 is 4.68. The van der Waals surface area contributed by atoms with Crippen molar-refractivity contribution in [2.24, 2.45) is 47.3 Å². The molecule has 0 aliphatic heterocycles. The third-order valence-electron chi connectivity index (χ3n) is 15.1. The molecule has 0 radical (unpaired) electrons. The van der Waals surface area contributed by atoms with E-state index in [0.29, 0.717) is 24.7 Å². The fourth-order valence-corrected chi connectivity index (χ4v) is 11.1. The van der Waals surface area contributed by atoms with Crippen LogP contribution < -0.4 is 0 Å². The average molecular weight is 963 g/mol. The Labute approximate surface area is 411 Å². The summed E-state index contributed by atoms with van der Waals surface area (Å²) in [6.07, 6.45) is 38.4. The van der Waals surface area contributed by atoms with Gasteiger partial charge < -0.3 is 40.5 Å². The highest BCUT2D eigenvalue weighted by atomic mass is 16.5. The molecule has 0 saturated heterocycles. The van der Waals surface area contributed by atoms with E-state index >= 15 is 0 Å². The van der Waals surface area contributed by atoms with Gasteiger partial charge in [-0.2, -0.15) is 0 Å². The molecule has 0 heterocycles. The molecule has 0 aromatic heterocycles. The summed E-state index contributed by atoms with van der Waals surface area (Å²) in [6.45, 7) is 8.48. The molecular formula is C56H98O12. The predicted molar refractivity (Wildman–Crippen MR) is 271 cm³/mol. The number of carboxylic acids is 3. The van der Waals surface area contributed by atoms with Crippen molar-refractivity contribution in [3.8, 4) is 0 Å². The van der Waals surface area contributed by atoms with E-state index in [2.05, 4.69) is 68.9 Å². The van der Waals surface area contributed by atoms with Crippen LogP contribution in [0.25, 0.3) is 0 Å². The quantitative estimate of drug-likeness (QED) is 0.0221. The Balaban J connectivity index is 0.000000457. The second-order valence-corrected chi connectivity index (χ2v) is 20.1. The maximum atomic E-state index is 11.2. The van der Waals surface area contributed by atoms with Crippen molar-refractivity contribution in [2.75, 3.05) is 7.11 Å². The number of carboxylic acid groups (broad SMARTS) is 3. The lowest BCUT2D eigenvalue weighted by atomic mass is 9.87. The number of aliphatic carboxylic acids is 3. The Kier molecular flexibility index (Phi) is 35.8. The molecule has 0 bridgehead atoms. The van der Waals surface area contributed by atoms with Gasteiger partial charge in [0.25, 0.3) is 0 Å². The lowest BCUT2D eigenvalue weighted by Crippen LogP contribution is -2.21. The van der Waals surface area contributed by atoms with Crippen molar-refractivity contribution in [3.63, 3.8) is 0 Å². The van der Waals surface area contributed by atoms with Crippen LogP contribution in [0.15, 0.2) is 36.5 Å². The number of allylic oxidation sites excluding steroid dienone is 6. The summed E-state index contributed by atoms with van der Waals surface area (Å²) in [5.41, 5.74) is 0. The minimum atomic E-state index is -0.751. The summed E-state index contributed by atoms with van der Waals surface area (Å²) >= 11 is 0. The highest BCUT2D eigenvalue weighted by Gasteiger charge is 2.37. The summed E-state index contributed by atoms with van der Waals surface area (Å²) in [5.74, 6) is 0.0499. The molecule has 12 atom stereocenters. The second kappa shape index (κ2) is 38.7. The van der Waals surface area contributed by atoms with Gasteiger partial charge in [0, 0.05) is 25.7 Å². The second-order valence-electron chi connectivity index (χ2n) is 20.1. The fraction of sp³-hybridized carbons (Fsp3) is 0.821. The number of rotatable bonds is 28. The summed E-state index contributed by atoms with van der Waals surface area (Å²) in [7, 11) is 1.42. The molecule has 12 unspecified atom stereocenters. The first kappa shape index (κ1) is 63.0. The number of unbranched alkanes of at least 4 members (excludes halogenated alkanes) is 7. The third-order valence-corrected chi connectivity index (χ3v) is 15.1. The van der Waals surface area contributed by atoms with Gasteiger partial charge in [0.05, 0.1) is 31.5 Å². The molecular weight excluding hydrogens is 865 g/mol. The van der Waals surface area contributed by atoms with Gasteiger partial charge >= 0.3 is 23.9 Å². The minimum absolute atomic E-state index is 0.105. The van der Waals surface area contributed by atoms with Crippen molar-refractivity contribution in [3.05, 3.63) is 36.5 Å². The van der Waals surface area contributed by atoms with E-state index in [1.807, 2.05) is 0 Å². The number of carbonyl (C=O) groups is 4. The fourth-order valence-electron chi connectivity index (χ4n) is 11.1. The molecule has 7 N–H and O–H groups in total. The van der Waals surface area contributed by atoms with Crippen LogP contribution in [0.1, 0.15) is 214 Å². The SMILES string of the molecule is CC/C=C\CC1C(O)CCC1CC(=O)O.CC/C=C\CC1C(O)CCC1CC(=O)OC.CC/C=C\CC1C(O)CCC1CCCCCCCC(=O)O.CCCCCCC1C(O)CCC1CC(=O)O. The van der Waals surface area contributed by atoms with Crippen molar-refractivity contribution in [1.82, 2.24) is 0 Å². The Bertz CT molecular complexity index is 1430. The van der Waals surface area contributed by atoms with Crippen molar-refractivity contribution in [1.29, 1.82) is 0 Å². The summed E-state index contributed by atoms with van der Waals surface area (Å²) in [4.78, 5) is 43.0. The van der Waals surface area contributed by atoms with E-state index in [1.165, 1.54) is 52.1 Å². The smallest absolute Gasteiger partial charge is 0.305 e. The van der Waals surface area contributed by atoms with E-state index in [9.17, 15) is 39.6 Å². The maximum absolute atomic E-state index is 11.2. The molecule has 394 valence electrons. The number of methoxy groups -OCH3 is 1. The highest BCUT2D eigenvalue weighted by Crippen LogP contribution is 2.40. The molecule has 0 spiro atoms. The molecule has 0 amide bonds. The zero-order chi connectivity index (χ0) is 50.7. The zero-order valence-electron chi connectivity index (χ0n) is 43.1. The van der Waals surface area contributed by atoms with E-state index in [1.54, 1.807) is 0 Å². The van der Waals surface area contributed by atoms with Crippen molar-refractivity contribution in [2.45, 2.75) is 238 Å². The lowest BCUT2D eigenvalue weighted by molar-refractivity contribution is -0.142. The molecule has 4 aliphatic carbocycles. The van der Waals surface area contributed by atoms with Crippen LogP contribution in [-0.2, 0) is 23.9 Å². The highest BCUT2D eigenvalue weighted by molar-refractivity contribution is 5.69. The van der Waals surface area contributed by atoms with Crippen LogP contribution in [0.2, 0.25) is 0 Å². The van der Waals surface area contributed by atoms with Crippen LogP contribution in [0, 0.1) is 47.3 Å². The van der Waals surface area contributed by atoms with Crippen molar-refractivity contribution >= 4 is 23.9 Å². The molecule has 0 aromatic rings. The molecule has 4 aliphatic rings. The first-order valence-electron chi connectivity index (χ1n) is 27.0. The number of ether oxygens (including phenoxy) is 1. The monoisotopic (exact) mass is 963 g/mol. The van der Waals surface area contributed by atoms with Crippen LogP contribution in [0.3, 0.4) is 0 Å². The molecule has 4 rings (SSSR count). The molecule has 4 fully saturated rings. The van der Waals surface area contributed by atoms with Gasteiger partial charge in [-0.15, -0.1) is 0 Å². The average Bonchev–Trinajstić information content (AvgIpc) is 4.04. The van der Waals surface area contributed by atoms with Gasteiger partial charge in [0.15, 0.2) is 0 Å². The van der Waals surface area contributed by atoms with Gasteiger partial charge in [0.2, 0.25) is 0 Å². The zero-order valence-corrected chi connectivity index (χ0v) is 43.1. The Hall–Kier alpha value is -3.06. The van der Waals surface area contributed by atoms with E-state index < -0.39 is 17.9 Å². The maximum Gasteiger partial charge on any atom is 0.305 e. The Morgan fingerprint density at radius 1 is 0.426 bits per heavy atom. The van der Waals surface area contributed by atoms with Gasteiger partial charge in [-0.3, -0.25) is 19.2 Å². The number of esters is 1. The predicted octanol–water partition coefficient (Wildman–Crippen LogP) is 11.9. The van der Waals surface area contributed by atoms with Crippen molar-refractivity contribution < 1.29 is 59.7 Å². The molecule has 68 heavy (non-hydrogen) atoms. The summed E-state index contributed by atoms with van der Waals surface area (Å²) in [5, 5.41) is 65.7. The standard InChI is InChI=1S/C18H32O3.C13H22O3.C13H24O3.C12H20O3/c1-2-3-7-11-16-15(13-14-17(16)19)10-8-5-4-6-9-12-18(20)21;1-3-4-5-6-11-10(7-8-12(11)14)9-13(15)16-2;1-2-3-4-5-6-11-10(9-13(15)16)7-8-12(11)14;1-2-3-4-5-10-9(8-12(14)15)6-7-11(10)13/h3,7,15-17,19H,2,4-6,8-14H2,1H3,(H,20,21);4-5,10-12,14H,3,6-9H2,1-2H3;10-12,14H,2-9H2,1H3,(H,15,16);3-4,9-11,13H,2,5-8H2,1H3,(H,14,15)/b7-3-;5-4-;;4-3-. The van der Waals surface area contributed by atoms with Gasteiger partial charge in [-0.05, 0) is 150 Å². The van der Waals surface area contributed by atoms with Crippen LogP contribution >= 0.6 is 0 Å². The number of carbonyl (C=O) groups excluding carboxylic acids is 1. The van der Waals surface area contributed by atoms with Crippen LogP contribution in [0.5, 0.6) is 0 Å². The lowest BCUT2D eigenvalue weighted by Gasteiger charge is -2.20. The number of aliphatic hydroxyl groups is 4. The number of hydrogen-bond donors (Lipinski definition) is 7. The molecule has 12 nitrogen and oxygen atoms in total. The van der Waals surface area contributed by atoms with Crippen LogP contribution in [-0.4, -0.2) is 91.1 Å². The summed E-state index contributed by atoms with van der Waals surface area (Å²) in [6, 6.07) is 0. The Morgan fingerprint density at radius 3 is 1.22 bits per heavy atom. The number of aliphatic hydroxyl groups excluding tert-OH is 4. The molecule has 12 heteroatoms. The topological polar surface area (TPSA) is 219 Å². The largest absolute Gasteiger partial charge is 0.481 e. The molecule has 0 aromatic carbocycles. The van der Waals surface area contributed by atoms with Crippen LogP contribution in [0.4, 0.5) is 0 Å². The van der Waals surface area contributed by atoms with Gasteiger partial charge in [-0.1, -0.05) is 122 Å². The first-order chi connectivity index (χ1) is 32.6. The first-order valence-corrected chi connectivity index (χ1v) is 27.0. The number of hydrogen-bond acceptors (Lipinski definition) is 9. The Morgan fingerprint density at radius 2 is 0.794 bits per heavy atom. The molecule has 4 saturated carbocycles. The van der Waals surface area contributed by atoms with Gasteiger partial charge in [0.1, 0.15) is 0 Å². The van der Waals surface area contributed by atoms with E-state index in [0.717, 1.165) is 116 Å². The minimum Gasteiger partial charge on any atom is -0.481 e. The normalized spacial score (nSPS) is 28.8. The third kappa shape index (κ3) is 27.4. The van der Waals surface area contributed by atoms with E-state index in [-0.39, 0.29) is 78.7 Å².